The van der Waals surface area contributed by atoms with Crippen LogP contribution in [-0.4, -0.2) is 88.6 Å². The smallest absolute Gasteiger partial charge is 0.313 e. The van der Waals surface area contributed by atoms with Crippen LogP contribution in [0.15, 0.2) is 27.2 Å². The van der Waals surface area contributed by atoms with Crippen LogP contribution in [0.2, 0.25) is 0 Å². The second-order valence-electron chi connectivity index (χ2n) is 8.60. The highest BCUT2D eigenvalue weighted by molar-refractivity contribution is 8.01. The minimum Gasteiger partial charge on any atom is -0.481 e. The van der Waals surface area contributed by atoms with Gasteiger partial charge in [0.05, 0.1) is 0 Å². The number of rotatable bonds is 9. The van der Waals surface area contributed by atoms with E-state index in [2.05, 4.69) is 30.0 Å². The molecule has 2 fully saturated rings. The number of anilines is 1. The average molecular weight is 583 g/mol. The third-order valence-electron chi connectivity index (χ3n) is 6.06. The summed E-state index contributed by atoms with van der Waals surface area (Å²) < 4.78 is 4.74. The van der Waals surface area contributed by atoms with Crippen LogP contribution < -0.4 is 11.1 Å². The molecule has 2 aromatic rings. The molecule has 37 heavy (non-hydrogen) atoms. The number of aromatic nitrogens is 4. The normalized spacial score (nSPS) is 27.4. The first-order chi connectivity index (χ1) is 17.9. The van der Waals surface area contributed by atoms with Crippen molar-refractivity contribution in [2.24, 2.45) is 10.6 Å². The average Bonchev–Trinajstić information content (AvgIpc) is 3.58. The summed E-state index contributed by atoms with van der Waals surface area (Å²) in [6.07, 6.45) is 6.28. The molecule has 2 saturated heterocycles. The van der Waals surface area contributed by atoms with Crippen LogP contribution in [0.3, 0.4) is 0 Å². The molecule has 4 atom stereocenters. The highest BCUT2D eigenvalue weighted by Crippen LogP contribution is 2.44. The largest absolute Gasteiger partial charge is 0.481 e. The van der Waals surface area contributed by atoms with Crippen molar-refractivity contribution in [2.75, 3.05) is 23.8 Å². The Kier molecular flexibility index (Phi) is 7.64. The molecule has 0 bridgehead atoms. The van der Waals surface area contributed by atoms with Gasteiger partial charge in [-0.1, -0.05) is 34.3 Å². The lowest BCUT2D eigenvalue weighted by Gasteiger charge is -2.53. The first-order valence-corrected chi connectivity index (χ1v) is 14.9. The van der Waals surface area contributed by atoms with E-state index in [0.717, 1.165) is 30.8 Å². The number of carbonyl (C=O) groups is 3. The number of hydrogen-bond acceptors (Lipinski definition) is 14. The fourth-order valence-electron chi connectivity index (χ4n) is 4.05. The number of nitrogens with two attached hydrogens (primary N) is 1. The number of β-lactam (4-membered cyclic amide) rings is 1. The third-order valence-corrected chi connectivity index (χ3v) is 10.3. The number of aliphatic carboxylic acids is 1. The van der Waals surface area contributed by atoms with E-state index in [1.165, 1.54) is 39.8 Å². The van der Waals surface area contributed by atoms with Crippen molar-refractivity contribution in [1.82, 2.24) is 29.8 Å². The maximum Gasteiger partial charge on any atom is 0.313 e. The quantitative estimate of drug-likeness (QED) is 0.126. The molecular weight excluding hydrogens is 561 g/mol. The summed E-state index contributed by atoms with van der Waals surface area (Å²) in [5, 5.41) is 24.2. The van der Waals surface area contributed by atoms with Crippen LogP contribution in [0.25, 0.3) is 0 Å². The molecule has 4 heterocycles. The van der Waals surface area contributed by atoms with Crippen molar-refractivity contribution >= 4 is 75.0 Å². The monoisotopic (exact) mass is 582 g/mol. The number of allylic oxidation sites excluding steroid dienone is 1. The molecule has 2 aromatic heterocycles. The van der Waals surface area contributed by atoms with Crippen LogP contribution >= 0.6 is 46.4 Å². The zero-order valence-electron chi connectivity index (χ0n) is 19.2. The first kappa shape index (κ1) is 25.9. The van der Waals surface area contributed by atoms with Gasteiger partial charge in [-0.2, -0.15) is 9.36 Å². The van der Waals surface area contributed by atoms with Gasteiger partial charge in [0.2, 0.25) is 17.4 Å². The number of nitrogens with zero attached hydrogens (tertiary/aromatic N) is 6. The molecule has 3 unspecified atom stereocenters. The number of carboxylic acids is 1. The Bertz CT molecular complexity index is 1240. The van der Waals surface area contributed by atoms with Gasteiger partial charge in [-0.25, -0.2) is 0 Å². The molecule has 1 aliphatic carbocycles. The maximum absolute atomic E-state index is 13.2. The summed E-state index contributed by atoms with van der Waals surface area (Å²) in [6.45, 7) is 0.0409. The molecule has 13 nitrogen and oxygen atoms in total. The number of nitrogens with one attached hydrogen (secondary N) is 1. The summed E-state index contributed by atoms with van der Waals surface area (Å²) in [5.74, 6) is -1.48. The van der Waals surface area contributed by atoms with Gasteiger partial charge in [-0.05, 0) is 25.3 Å². The fraction of sp³-hybridized carbons (Fsp3) is 0.500. The van der Waals surface area contributed by atoms with Gasteiger partial charge < -0.3 is 25.9 Å². The van der Waals surface area contributed by atoms with E-state index in [4.69, 9.17) is 10.6 Å². The van der Waals surface area contributed by atoms with Gasteiger partial charge in [0.1, 0.15) is 28.4 Å². The molecule has 2 aliphatic heterocycles. The van der Waals surface area contributed by atoms with Gasteiger partial charge in [0.15, 0.2) is 9.47 Å². The summed E-state index contributed by atoms with van der Waals surface area (Å²) in [7, 11) is 0. The zero-order valence-corrected chi connectivity index (χ0v) is 22.4. The topological polar surface area (TPSA) is 186 Å². The lowest BCUT2D eigenvalue weighted by Crippen LogP contribution is -2.74. The Hall–Kier alpha value is -2.76. The molecule has 0 saturated carbocycles. The summed E-state index contributed by atoms with van der Waals surface area (Å²) in [6, 6.07) is -0.837. The van der Waals surface area contributed by atoms with Crippen molar-refractivity contribution in [3.63, 3.8) is 0 Å². The SMILES string of the molecule is Nc1nc(C(=NOC2C=CCCC2)C(=O)NC2C(=O)N3CC(CSc4nncs4)(C(=O)O)CS[C@H]23)ns1. The molecule has 0 spiro atoms. The molecular formula is C20H22N8O5S4. The van der Waals surface area contributed by atoms with Crippen molar-refractivity contribution in [2.45, 2.75) is 41.1 Å². The minimum atomic E-state index is -1.14. The van der Waals surface area contributed by atoms with Gasteiger partial charge in [0.25, 0.3) is 5.91 Å². The van der Waals surface area contributed by atoms with Crippen LogP contribution in [-0.2, 0) is 19.2 Å². The number of carbonyl (C=O) groups excluding carboxylic acids is 2. The van der Waals surface area contributed by atoms with Gasteiger partial charge in [-0.15, -0.1) is 22.0 Å². The van der Waals surface area contributed by atoms with E-state index in [1.54, 1.807) is 5.51 Å². The standard InChI is InChI=1S/C20H22N8O5S4/c21-18-24-13(27-37-18)11(26-33-10-4-2-1-3-5-10)14(29)23-12-15(30)28-6-20(17(31)32,7-34-16(12)28)8-35-19-25-22-9-36-19/h2,4,9-10,12,16H,1,3,5-8H2,(H,23,29)(H,31,32)(H2,21,24,27)/t10?,12?,16-,20?/m1/s1. The number of oxime groups is 1. The number of hydrogen-bond donors (Lipinski definition) is 3. The molecule has 5 rings (SSSR count). The number of carboxylic acid groups (broad SMARTS) is 1. The van der Waals surface area contributed by atoms with Gasteiger partial charge in [-0.3, -0.25) is 14.4 Å². The number of nitrogen functional groups attached to an aromatic ring is 1. The third kappa shape index (κ3) is 5.44. The van der Waals surface area contributed by atoms with Crippen molar-refractivity contribution in [1.29, 1.82) is 0 Å². The van der Waals surface area contributed by atoms with Crippen LogP contribution in [0.4, 0.5) is 5.13 Å². The molecule has 4 N–H and O–H groups in total. The summed E-state index contributed by atoms with van der Waals surface area (Å²) in [4.78, 5) is 49.5. The first-order valence-electron chi connectivity index (χ1n) is 11.2. The van der Waals surface area contributed by atoms with Crippen molar-refractivity contribution in [3.8, 4) is 0 Å². The molecule has 17 heteroatoms. The van der Waals surface area contributed by atoms with Gasteiger partial charge >= 0.3 is 5.97 Å². The predicted octanol–water partition coefficient (Wildman–Crippen LogP) is 1.06. The lowest BCUT2D eigenvalue weighted by molar-refractivity contribution is -0.157. The van der Waals surface area contributed by atoms with E-state index in [9.17, 15) is 19.5 Å². The van der Waals surface area contributed by atoms with E-state index >= 15 is 0 Å². The Balaban J connectivity index is 1.26. The van der Waals surface area contributed by atoms with Gasteiger partial charge in [0, 0.05) is 29.6 Å². The Labute approximate surface area is 227 Å². The second kappa shape index (κ2) is 10.9. The van der Waals surface area contributed by atoms with Crippen LogP contribution in [0.5, 0.6) is 0 Å². The summed E-state index contributed by atoms with van der Waals surface area (Å²) >= 11 is 4.88. The zero-order chi connectivity index (χ0) is 26.0. The Morgan fingerprint density at radius 3 is 2.97 bits per heavy atom. The minimum absolute atomic E-state index is 0.0123. The molecule has 196 valence electrons. The molecule has 3 aliphatic rings. The Morgan fingerprint density at radius 1 is 1.43 bits per heavy atom. The number of amides is 2. The van der Waals surface area contributed by atoms with Crippen LogP contribution in [0.1, 0.15) is 25.1 Å². The highest BCUT2D eigenvalue weighted by atomic mass is 32.2. The van der Waals surface area contributed by atoms with Crippen molar-refractivity contribution in [3.05, 3.63) is 23.5 Å². The van der Waals surface area contributed by atoms with E-state index < -0.39 is 28.7 Å². The van der Waals surface area contributed by atoms with Crippen LogP contribution in [0, 0.1) is 5.41 Å². The number of fused-ring (bicyclic) bond motifs is 1. The predicted molar refractivity (Wildman–Crippen MR) is 139 cm³/mol. The summed E-state index contributed by atoms with van der Waals surface area (Å²) in [5.41, 5.74) is 5.96. The fourth-order valence-corrected chi connectivity index (χ4v) is 7.83. The van der Waals surface area contributed by atoms with E-state index in [-0.39, 0.29) is 46.7 Å². The number of thioether (sulfide) groups is 2. The molecule has 0 aromatic carbocycles. The maximum atomic E-state index is 13.2. The highest BCUT2D eigenvalue weighted by Gasteiger charge is 2.57. The van der Waals surface area contributed by atoms with Crippen molar-refractivity contribution < 1.29 is 24.3 Å². The van der Waals surface area contributed by atoms with E-state index in [0.29, 0.717) is 4.34 Å². The Morgan fingerprint density at radius 2 is 2.30 bits per heavy atom. The molecule has 0 radical (unpaired) electrons. The second-order valence-corrected chi connectivity index (χ2v) is 12.5. The molecule has 2 amide bonds. The lowest BCUT2D eigenvalue weighted by atomic mass is 9.89. The van der Waals surface area contributed by atoms with E-state index in [1.807, 2.05) is 12.2 Å².